The molecule has 0 aliphatic carbocycles. The predicted octanol–water partition coefficient (Wildman–Crippen LogP) is 2.14. The minimum Gasteiger partial charge on any atom is -0.478 e. The first-order chi connectivity index (χ1) is 9.16. The van der Waals surface area contributed by atoms with Gasteiger partial charge in [0.15, 0.2) is 11.5 Å². The van der Waals surface area contributed by atoms with Gasteiger partial charge >= 0.3 is 5.97 Å². The van der Waals surface area contributed by atoms with Crippen molar-refractivity contribution in [1.82, 2.24) is 19.6 Å². The van der Waals surface area contributed by atoms with Gasteiger partial charge in [0.25, 0.3) is 0 Å². The van der Waals surface area contributed by atoms with Gasteiger partial charge in [-0.25, -0.2) is 4.79 Å². The number of fused-ring (bicyclic) bond motifs is 1. The van der Waals surface area contributed by atoms with Gasteiger partial charge in [-0.1, -0.05) is 11.6 Å². The summed E-state index contributed by atoms with van der Waals surface area (Å²) in [6.45, 7) is 0. The van der Waals surface area contributed by atoms with Crippen LogP contribution in [0.4, 0.5) is 0 Å². The molecule has 0 radical (unpaired) electrons. The van der Waals surface area contributed by atoms with E-state index in [1.165, 1.54) is 18.5 Å². The number of aromatic nitrogens is 4. The van der Waals surface area contributed by atoms with E-state index in [0.29, 0.717) is 22.1 Å². The van der Waals surface area contributed by atoms with Crippen molar-refractivity contribution in [2.45, 2.75) is 0 Å². The maximum absolute atomic E-state index is 11.0. The monoisotopic (exact) mass is 274 g/mol. The fraction of sp³-hybridized carbons (Fsp3) is 0. The van der Waals surface area contributed by atoms with Crippen LogP contribution in [0, 0.1) is 0 Å². The Morgan fingerprint density at radius 2 is 2.11 bits per heavy atom. The third-order valence-corrected chi connectivity index (χ3v) is 2.96. The number of nitrogens with zero attached hydrogens (tertiary/aromatic N) is 4. The molecule has 6 nitrogen and oxygen atoms in total. The number of carbonyl (C=O) groups is 1. The van der Waals surface area contributed by atoms with Gasteiger partial charge in [0.2, 0.25) is 0 Å². The summed E-state index contributed by atoms with van der Waals surface area (Å²) >= 11 is 6.06. The second-order valence-electron chi connectivity index (χ2n) is 3.83. The van der Waals surface area contributed by atoms with E-state index in [2.05, 4.69) is 15.2 Å². The van der Waals surface area contributed by atoms with E-state index in [9.17, 15) is 4.79 Å². The molecule has 3 aromatic rings. The zero-order chi connectivity index (χ0) is 13.4. The molecule has 3 aromatic heterocycles. The molecule has 19 heavy (non-hydrogen) atoms. The molecule has 0 bridgehead atoms. The molecule has 0 fully saturated rings. The number of carboxylic acids is 1. The highest BCUT2D eigenvalue weighted by atomic mass is 35.5. The van der Waals surface area contributed by atoms with Crippen LogP contribution in [0.1, 0.15) is 10.4 Å². The van der Waals surface area contributed by atoms with Gasteiger partial charge < -0.3 is 5.11 Å². The summed E-state index contributed by atoms with van der Waals surface area (Å²) in [5.41, 5.74) is 1.35. The van der Waals surface area contributed by atoms with Crippen LogP contribution in [0.15, 0.2) is 36.8 Å². The van der Waals surface area contributed by atoms with Crippen molar-refractivity contribution in [1.29, 1.82) is 0 Å². The lowest BCUT2D eigenvalue weighted by Crippen LogP contribution is -1.99. The fourth-order valence-corrected chi connectivity index (χ4v) is 1.96. The summed E-state index contributed by atoms with van der Waals surface area (Å²) in [5.74, 6) is -0.534. The molecular weight excluding hydrogens is 268 g/mol. The number of rotatable bonds is 2. The summed E-state index contributed by atoms with van der Waals surface area (Å²) in [4.78, 5) is 14.9. The van der Waals surface area contributed by atoms with Crippen LogP contribution in [-0.4, -0.2) is 30.7 Å². The van der Waals surface area contributed by atoms with Crippen molar-refractivity contribution >= 4 is 23.2 Å². The number of carboxylic acid groups (broad SMARTS) is 1. The number of halogens is 1. The minimum atomic E-state index is -1.01. The highest BCUT2D eigenvalue weighted by Crippen LogP contribution is 2.25. The molecule has 0 unspecified atom stereocenters. The van der Waals surface area contributed by atoms with E-state index in [1.807, 2.05) is 0 Å². The maximum Gasteiger partial charge on any atom is 0.337 e. The molecule has 1 N–H and O–H groups in total. The van der Waals surface area contributed by atoms with E-state index in [4.69, 9.17) is 16.7 Å². The van der Waals surface area contributed by atoms with E-state index >= 15 is 0 Å². The van der Waals surface area contributed by atoms with E-state index in [0.717, 1.165) is 0 Å². The Morgan fingerprint density at radius 3 is 2.84 bits per heavy atom. The van der Waals surface area contributed by atoms with Gasteiger partial charge in [-0.15, -0.1) is 10.2 Å². The normalized spacial score (nSPS) is 10.8. The molecule has 0 aromatic carbocycles. The summed E-state index contributed by atoms with van der Waals surface area (Å²) < 4.78 is 1.59. The molecule has 0 saturated heterocycles. The van der Waals surface area contributed by atoms with Crippen molar-refractivity contribution in [3.05, 3.63) is 47.4 Å². The number of pyridine rings is 2. The average Bonchev–Trinajstić information content (AvgIpc) is 2.82. The predicted molar refractivity (Wildman–Crippen MR) is 68.2 cm³/mol. The molecule has 0 spiro atoms. The molecule has 0 atom stereocenters. The van der Waals surface area contributed by atoms with Gasteiger partial charge in [0.1, 0.15) is 0 Å². The van der Waals surface area contributed by atoms with Crippen LogP contribution in [-0.2, 0) is 0 Å². The van der Waals surface area contributed by atoms with Crippen LogP contribution < -0.4 is 0 Å². The zero-order valence-electron chi connectivity index (χ0n) is 9.49. The SMILES string of the molecule is O=C(O)c1ccc2nnc(-c3ccncc3Cl)n2c1. The Balaban J connectivity index is 2.27. The van der Waals surface area contributed by atoms with Crippen molar-refractivity contribution in [3.63, 3.8) is 0 Å². The van der Waals surface area contributed by atoms with Gasteiger partial charge in [0.05, 0.1) is 10.6 Å². The average molecular weight is 275 g/mol. The minimum absolute atomic E-state index is 0.152. The first-order valence-electron chi connectivity index (χ1n) is 5.35. The zero-order valence-corrected chi connectivity index (χ0v) is 10.2. The first kappa shape index (κ1) is 11.6. The second kappa shape index (κ2) is 4.33. The van der Waals surface area contributed by atoms with E-state index in [-0.39, 0.29) is 5.56 Å². The molecule has 3 rings (SSSR count). The van der Waals surface area contributed by atoms with Crippen molar-refractivity contribution in [2.75, 3.05) is 0 Å². The van der Waals surface area contributed by atoms with E-state index in [1.54, 1.807) is 22.7 Å². The molecule has 7 heteroatoms. The third-order valence-electron chi connectivity index (χ3n) is 2.66. The van der Waals surface area contributed by atoms with Gasteiger partial charge in [-0.3, -0.25) is 9.38 Å². The summed E-state index contributed by atoms with van der Waals surface area (Å²) in [6.07, 6.45) is 4.55. The van der Waals surface area contributed by atoms with Crippen LogP contribution in [0.25, 0.3) is 17.0 Å². The Labute approximate surface area is 112 Å². The van der Waals surface area contributed by atoms with Crippen LogP contribution >= 0.6 is 11.6 Å². The van der Waals surface area contributed by atoms with Crippen LogP contribution in [0.2, 0.25) is 5.02 Å². The summed E-state index contributed by atoms with van der Waals surface area (Å²) in [5, 5.41) is 17.4. The lowest BCUT2D eigenvalue weighted by atomic mass is 10.2. The molecule has 3 heterocycles. The Morgan fingerprint density at radius 1 is 1.26 bits per heavy atom. The second-order valence-corrected chi connectivity index (χ2v) is 4.24. The summed E-state index contributed by atoms with van der Waals surface area (Å²) in [7, 11) is 0. The molecule has 0 aliphatic heterocycles. The first-order valence-corrected chi connectivity index (χ1v) is 5.72. The molecule has 0 aliphatic rings. The van der Waals surface area contributed by atoms with Crippen LogP contribution in [0.3, 0.4) is 0 Å². The highest BCUT2D eigenvalue weighted by molar-refractivity contribution is 6.33. The number of hydrogen-bond donors (Lipinski definition) is 1. The van der Waals surface area contributed by atoms with Gasteiger partial charge in [-0.2, -0.15) is 0 Å². The van der Waals surface area contributed by atoms with Crippen LogP contribution in [0.5, 0.6) is 0 Å². The smallest absolute Gasteiger partial charge is 0.337 e. The maximum atomic E-state index is 11.0. The van der Waals surface area contributed by atoms with Crippen molar-refractivity contribution in [2.24, 2.45) is 0 Å². The quantitative estimate of drug-likeness (QED) is 0.774. The van der Waals surface area contributed by atoms with Crippen molar-refractivity contribution in [3.8, 4) is 11.4 Å². The lowest BCUT2D eigenvalue weighted by Gasteiger charge is -2.02. The lowest BCUT2D eigenvalue weighted by molar-refractivity contribution is 0.0696. The number of hydrogen-bond acceptors (Lipinski definition) is 4. The molecule has 0 saturated carbocycles. The largest absolute Gasteiger partial charge is 0.478 e. The summed E-state index contributed by atoms with van der Waals surface area (Å²) in [6, 6.07) is 4.77. The molecular formula is C12H7ClN4O2. The Bertz CT molecular complexity index is 784. The molecule has 0 amide bonds. The number of aromatic carboxylic acids is 1. The van der Waals surface area contributed by atoms with Gasteiger partial charge in [-0.05, 0) is 18.2 Å². The van der Waals surface area contributed by atoms with E-state index < -0.39 is 5.97 Å². The van der Waals surface area contributed by atoms with Crippen molar-refractivity contribution < 1.29 is 9.90 Å². The Kier molecular flexibility index (Phi) is 2.64. The fourth-order valence-electron chi connectivity index (χ4n) is 1.76. The molecule has 94 valence electrons. The topological polar surface area (TPSA) is 80.4 Å². The highest BCUT2D eigenvalue weighted by Gasteiger charge is 2.13. The standard InChI is InChI=1S/C12H7ClN4O2/c13-9-5-14-4-3-8(9)11-16-15-10-2-1-7(12(18)19)6-17(10)11/h1-6H,(H,18,19). The Hall–Kier alpha value is -2.47. The van der Waals surface area contributed by atoms with Gasteiger partial charge in [0, 0.05) is 24.2 Å². The third kappa shape index (κ3) is 1.92.